The van der Waals surface area contributed by atoms with Gasteiger partial charge in [0, 0.05) is 6.04 Å². The Labute approximate surface area is 117 Å². The van der Waals surface area contributed by atoms with Crippen LogP contribution < -0.4 is 16.6 Å². The minimum atomic E-state index is -0.153. The molecular weight excluding hydrogens is 252 g/mol. The Bertz CT molecular complexity index is 671. The van der Waals surface area contributed by atoms with Gasteiger partial charge in [-0.3, -0.25) is 4.79 Å². The molecule has 0 atom stereocenters. The van der Waals surface area contributed by atoms with Crippen LogP contribution in [0.25, 0.3) is 10.9 Å². The van der Waals surface area contributed by atoms with Crippen LogP contribution in [0.15, 0.2) is 23.3 Å². The molecule has 1 heterocycles. The minimum absolute atomic E-state index is 0.153. The first kappa shape index (κ1) is 13.0. The summed E-state index contributed by atoms with van der Waals surface area (Å²) in [7, 11) is 0. The molecule has 1 fully saturated rings. The van der Waals surface area contributed by atoms with Crippen LogP contribution in [0.5, 0.6) is 0 Å². The second-order valence-electron chi connectivity index (χ2n) is 5.79. The van der Waals surface area contributed by atoms with Gasteiger partial charge in [0.1, 0.15) is 0 Å². The molecule has 3 rings (SSSR count). The molecule has 1 saturated carbocycles. The van der Waals surface area contributed by atoms with Gasteiger partial charge >= 0.3 is 0 Å². The van der Waals surface area contributed by atoms with Gasteiger partial charge in [0.05, 0.1) is 28.6 Å². The molecule has 0 saturated heterocycles. The maximum Gasteiger partial charge on any atom is 0.258 e. The molecule has 2 aromatic rings. The minimum Gasteiger partial charge on any atom is -0.397 e. The number of benzene rings is 1. The van der Waals surface area contributed by atoms with E-state index < -0.39 is 0 Å². The van der Waals surface area contributed by atoms with Crippen LogP contribution in [0.1, 0.15) is 32.6 Å². The van der Waals surface area contributed by atoms with Crippen molar-refractivity contribution in [2.45, 2.75) is 38.6 Å². The van der Waals surface area contributed by atoms with Crippen LogP contribution in [0, 0.1) is 5.92 Å². The van der Waals surface area contributed by atoms with Crippen LogP contribution in [-0.2, 0) is 0 Å². The number of anilines is 2. The summed E-state index contributed by atoms with van der Waals surface area (Å²) < 4.78 is 0. The number of aromatic amines is 1. The Hall–Kier alpha value is -2.04. The number of rotatable bonds is 2. The molecule has 0 aliphatic heterocycles. The summed E-state index contributed by atoms with van der Waals surface area (Å²) in [6, 6.07) is 4.04. The number of hydrogen-bond acceptors (Lipinski definition) is 4. The standard InChI is InChI=1S/C15H20N4O/c1-9-2-4-10(5-3-9)19-14-7-13-11(6-12(14)16)15(20)18-8-17-13/h6-10,19H,2-5,16H2,1H3,(H,17,18,20). The molecule has 0 amide bonds. The smallest absolute Gasteiger partial charge is 0.258 e. The van der Waals surface area contributed by atoms with Gasteiger partial charge in [0.2, 0.25) is 0 Å². The Morgan fingerprint density at radius 3 is 2.80 bits per heavy atom. The maximum absolute atomic E-state index is 11.7. The molecule has 1 aliphatic rings. The van der Waals surface area contributed by atoms with E-state index in [1.165, 1.54) is 32.0 Å². The average molecular weight is 272 g/mol. The van der Waals surface area contributed by atoms with Crippen LogP contribution in [0.4, 0.5) is 11.4 Å². The van der Waals surface area contributed by atoms with E-state index in [2.05, 4.69) is 22.2 Å². The molecule has 5 nitrogen and oxygen atoms in total. The highest BCUT2D eigenvalue weighted by atomic mass is 16.1. The van der Waals surface area contributed by atoms with Gasteiger partial charge in [-0.05, 0) is 43.7 Å². The second kappa shape index (κ2) is 5.15. The highest BCUT2D eigenvalue weighted by molar-refractivity contribution is 5.88. The van der Waals surface area contributed by atoms with Gasteiger partial charge < -0.3 is 16.0 Å². The van der Waals surface area contributed by atoms with Crippen molar-refractivity contribution in [3.8, 4) is 0 Å². The van der Waals surface area contributed by atoms with Crippen LogP contribution in [-0.4, -0.2) is 16.0 Å². The summed E-state index contributed by atoms with van der Waals surface area (Å²) in [6.45, 7) is 2.30. The Kier molecular flexibility index (Phi) is 3.34. The highest BCUT2D eigenvalue weighted by Crippen LogP contribution is 2.29. The number of H-pyrrole nitrogens is 1. The van der Waals surface area contributed by atoms with Crippen molar-refractivity contribution >= 4 is 22.3 Å². The molecule has 1 aliphatic carbocycles. The monoisotopic (exact) mass is 272 g/mol. The normalized spacial score (nSPS) is 22.9. The molecule has 1 aromatic heterocycles. The van der Waals surface area contributed by atoms with Crippen molar-refractivity contribution < 1.29 is 0 Å². The zero-order valence-corrected chi connectivity index (χ0v) is 11.6. The van der Waals surface area contributed by atoms with Crippen molar-refractivity contribution in [1.82, 2.24) is 9.97 Å². The SMILES string of the molecule is CC1CCC(Nc2cc3nc[nH]c(=O)c3cc2N)CC1. The van der Waals surface area contributed by atoms with Crippen molar-refractivity contribution in [2.24, 2.45) is 5.92 Å². The molecule has 0 radical (unpaired) electrons. The summed E-state index contributed by atoms with van der Waals surface area (Å²) in [5.41, 5.74) is 8.07. The lowest BCUT2D eigenvalue weighted by atomic mass is 9.87. The topological polar surface area (TPSA) is 83.8 Å². The van der Waals surface area contributed by atoms with E-state index in [1.54, 1.807) is 6.07 Å². The predicted molar refractivity (Wildman–Crippen MR) is 81.8 cm³/mol. The van der Waals surface area contributed by atoms with E-state index in [4.69, 9.17) is 5.73 Å². The summed E-state index contributed by atoms with van der Waals surface area (Å²) in [6.07, 6.45) is 6.27. The predicted octanol–water partition coefficient (Wildman–Crippen LogP) is 2.50. The van der Waals surface area contributed by atoms with Crippen molar-refractivity contribution in [3.63, 3.8) is 0 Å². The van der Waals surface area contributed by atoms with Crippen LogP contribution in [0.3, 0.4) is 0 Å². The Balaban J connectivity index is 1.88. The van der Waals surface area contributed by atoms with E-state index in [1.807, 2.05) is 6.07 Å². The van der Waals surface area contributed by atoms with Crippen molar-refractivity contribution in [2.75, 3.05) is 11.1 Å². The third kappa shape index (κ3) is 2.48. The highest BCUT2D eigenvalue weighted by Gasteiger charge is 2.18. The van der Waals surface area contributed by atoms with Gasteiger partial charge in [-0.15, -0.1) is 0 Å². The molecule has 4 N–H and O–H groups in total. The summed E-state index contributed by atoms with van der Waals surface area (Å²) in [5, 5.41) is 4.04. The number of nitrogens with zero attached hydrogens (tertiary/aromatic N) is 1. The number of nitrogen functional groups attached to an aromatic ring is 1. The fraction of sp³-hybridized carbons (Fsp3) is 0.467. The number of nitrogens with two attached hydrogens (primary N) is 1. The Morgan fingerprint density at radius 2 is 2.05 bits per heavy atom. The number of nitrogens with one attached hydrogen (secondary N) is 2. The molecule has 0 spiro atoms. The first-order valence-corrected chi connectivity index (χ1v) is 7.17. The summed E-state index contributed by atoms with van der Waals surface area (Å²) >= 11 is 0. The quantitative estimate of drug-likeness (QED) is 0.733. The molecule has 0 unspecified atom stereocenters. The van der Waals surface area contributed by atoms with Crippen molar-refractivity contribution in [3.05, 3.63) is 28.8 Å². The van der Waals surface area contributed by atoms with Gasteiger partial charge in [-0.1, -0.05) is 6.92 Å². The lowest BCUT2D eigenvalue weighted by molar-refractivity contribution is 0.361. The Morgan fingerprint density at radius 1 is 1.30 bits per heavy atom. The number of fused-ring (bicyclic) bond motifs is 1. The third-order valence-corrected chi connectivity index (χ3v) is 4.19. The van der Waals surface area contributed by atoms with Gasteiger partial charge in [0.15, 0.2) is 0 Å². The van der Waals surface area contributed by atoms with Gasteiger partial charge in [-0.2, -0.15) is 0 Å². The molecule has 5 heteroatoms. The number of hydrogen-bond donors (Lipinski definition) is 3. The first-order valence-electron chi connectivity index (χ1n) is 7.17. The first-order chi connectivity index (χ1) is 9.63. The van der Waals surface area contributed by atoms with E-state index in [0.717, 1.165) is 11.6 Å². The molecule has 1 aromatic carbocycles. The second-order valence-corrected chi connectivity index (χ2v) is 5.79. The molecule has 20 heavy (non-hydrogen) atoms. The van der Waals surface area contributed by atoms with E-state index in [0.29, 0.717) is 22.6 Å². The van der Waals surface area contributed by atoms with E-state index >= 15 is 0 Å². The fourth-order valence-corrected chi connectivity index (χ4v) is 2.88. The zero-order chi connectivity index (χ0) is 14.1. The average Bonchev–Trinajstić information content (AvgIpc) is 2.43. The summed E-state index contributed by atoms with van der Waals surface area (Å²) in [5.74, 6) is 0.822. The summed E-state index contributed by atoms with van der Waals surface area (Å²) in [4.78, 5) is 18.5. The van der Waals surface area contributed by atoms with Crippen molar-refractivity contribution in [1.29, 1.82) is 0 Å². The zero-order valence-electron chi connectivity index (χ0n) is 11.6. The lowest BCUT2D eigenvalue weighted by Gasteiger charge is -2.28. The molecule has 0 bridgehead atoms. The third-order valence-electron chi connectivity index (χ3n) is 4.19. The van der Waals surface area contributed by atoms with Crippen LogP contribution >= 0.6 is 0 Å². The lowest BCUT2D eigenvalue weighted by Crippen LogP contribution is -2.25. The maximum atomic E-state index is 11.7. The molecule has 106 valence electrons. The van der Waals surface area contributed by atoms with Crippen LogP contribution in [0.2, 0.25) is 0 Å². The van der Waals surface area contributed by atoms with Gasteiger partial charge in [0.25, 0.3) is 5.56 Å². The number of aromatic nitrogens is 2. The van der Waals surface area contributed by atoms with E-state index in [9.17, 15) is 4.79 Å². The van der Waals surface area contributed by atoms with Gasteiger partial charge in [-0.25, -0.2) is 4.98 Å². The molecular formula is C15H20N4O. The van der Waals surface area contributed by atoms with E-state index in [-0.39, 0.29) is 5.56 Å². The largest absolute Gasteiger partial charge is 0.397 e. The fourth-order valence-electron chi connectivity index (χ4n) is 2.88.